The first-order chi connectivity index (χ1) is 8.93. The van der Waals surface area contributed by atoms with Gasteiger partial charge in [0.05, 0.1) is 6.26 Å². The summed E-state index contributed by atoms with van der Waals surface area (Å²) < 4.78 is 5.36. The Hall–Kier alpha value is -1.54. The van der Waals surface area contributed by atoms with Crippen LogP contribution in [-0.4, -0.2) is 6.54 Å². The van der Waals surface area contributed by atoms with Gasteiger partial charge in [-0.1, -0.05) is 30.3 Å². The molecule has 1 atom stereocenters. The van der Waals surface area contributed by atoms with E-state index in [9.17, 15) is 0 Å². The molecule has 0 radical (unpaired) electrons. The number of hydrogen-bond donors (Lipinski definition) is 1. The molecule has 1 fully saturated rings. The van der Waals surface area contributed by atoms with Crippen LogP contribution in [0.4, 0.5) is 0 Å². The van der Waals surface area contributed by atoms with Crippen LogP contribution in [0, 0.1) is 5.92 Å². The van der Waals surface area contributed by atoms with E-state index in [-0.39, 0.29) is 0 Å². The van der Waals surface area contributed by atoms with Gasteiger partial charge in [-0.3, -0.25) is 0 Å². The summed E-state index contributed by atoms with van der Waals surface area (Å²) in [7, 11) is 0. The molecule has 0 spiro atoms. The van der Waals surface area contributed by atoms with E-state index >= 15 is 0 Å². The van der Waals surface area contributed by atoms with Crippen LogP contribution in [0.1, 0.15) is 30.2 Å². The maximum Gasteiger partial charge on any atom is 0.105 e. The average molecular weight is 241 g/mol. The average Bonchev–Trinajstić information content (AvgIpc) is 3.12. The molecule has 1 aliphatic carbocycles. The topological polar surface area (TPSA) is 25.2 Å². The lowest BCUT2D eigenvalue weighted by molar-refractivity contribution is 0.454. The highest BCUT2D eigenvalue weighted by molar-refractivity contribution is 5.21. The van der Waals surface area contributed by atoms with Gasteiger partial charge in [0, 0.05) is 19.0 Å². The molecule has 1 saturated carbocycles. The zero-order chi connectivity index (χ0) is 12.2. The molecule has 1 heterocycles. The van der Waals surface area contributed by atoms with E-state index in [1.807, 2.05) is 12.1 Å². The van der Waals surface area contributed by atoms with Gasteiger partial charge in [0.1, 0.15) is 5.76 Å². The number of rotatable bonds is 6. The fourth-order valence-electron chi connectivity index (χ4n) is 2.45. The summed E-state index contributed by atoms with van der Waals surface area (Å²) in [6, 6.07) is 15.3. The van der Waals surface area contributed by atoms with Gasteiger partial charge in [-0.2, -0.15) is 0 Å². The molecular formula is C16H19NO. The third kappa shape index (κ3) is 2.82. The van der Waals surface area contributed by atoms with Crippen molar-refractivity contribution in [1.82, 2.24) is 5.32 Å². The second kappa shape index (κ2) is 5.40. The van der Waals surface area contributed by atoms with Crippen molar-refractivity contribution in [1.29, 1.82) is 0 Å². The van der Waals surface area contributed by atoms with Crippen LogP contribution >= 0.6 is 0 Å². The van der Waals surface area contributed by atoms with Crippen LogP contribution in [-0.2, 0) is 6.42 Å². The second-order valence-electron chi connectivity index (χ2n) is 5.01. The Labute approximate surface area is 108 Å². The van der Waals surface area contributed by atoms with E-state index in [1.54, 1.807) is 6.26 Å². The monoisotopic (exact) mass is 241 g/mol. The molecule has 18 heavy (non-hydrogen) atoms. The van der Waals surface area contributed by atoms with Crippen LogP contribution in [0.25, 0.3) is 0 Å². The largest absolute Gasteiger partial charge is 0.469 e. The van der Waals surface area contributed by atoms with Crippen LogP contribution in [0.2, 0.25) is 0 Å². The van der Waals surface area contributed by atoms with E-state index in [0.717, 1.165) is 24.6 Å². The molecule has 0 amide bonds. The number of nitrogens with one attached hydrogen (secondary N) is 1. The SMILES string of the molecule is c1ccc(C(NCCc2ccco2)C2CC2)cc1. The maximum absolute atomic E-state index is 5.36. The van der Waals surface area contributed by atoms with Gasteiger partial charge in [-0.05, 0) is 36.5 Å². The standard InChI is InChI=1S/C16H19NO/c1-2-5-13(6-3-1)16(14-8-9-14)17-11-10-15-7-4-12-18-15/h1-7,12,14,16-17H,8-11H2. The molecule has 1 aromatic carbocycles. The fourth-order valence-corrected chi connectivity index (χ4v) is 2.45. The number of hydrogen-bond acceptors (Lipinski definition) is 2. The molecule has 1 aliphatic rings. The molecule has 1 aromatic heterocycles. The van der Waals surface area contributed by atoms with Crippen molar-refractivity contribution in [2.45, 2.75) is 25.3 Å². The summed E-state index contributed by atoms with van der Waals surface area (Å²) in [5, 5.41) is 3.68. The third-order valence-electron chi connectivity index (χ3n) is 3.57. The Balaban J connectivity index is 1.58. The lowest BCUT2D eigenvalue weighted by atomic mass is 10.0. The van der Waals surface area contributed by atoms with E-state index in [0.29, 0.717) is 6.04 Å². The Kier molecular flexibility index (Phi) is 3.47. The van der Waals surface area contributed by atoms with Crippen molar-refractivity contribution in [3.05, 3.63) is 60.1 Å². The van der Waals surface area contributed by atoms with Crippen molar-refractivity contribution < 1.29 is 4.42 Å². The zero-order valence-corrected chi connectivity index (χ0v) is 10.5. The van der Waals surface area contributed by atoms with E-state index in [2.05, 4.69) is 35.6 Å². The molecule has 3 rings (SSSR count). The first kappa shape index (κ1) is 11.5. The number of furan rings is 1. The molecular weight excluding hydrogens is 222 g/mol. The van der Waals surface area contributed by atoms with Gasteiger partial charge >= 0.3 is 0 Å². The molecule has 0 aliphatic heterocycles. The molecule has 0 saturated heterocycles. The summed E-state index contributed by atoms with van der Waals surface area (Å²) in [5.74, 6) is 1.88. The van der Waals surface area contributed by atoms with Crippen LogP contribution in [0.3, 0.4) is 0 Å². The van der Waals surface area contributed by atoms with Crippen LogP contribution < -0.4 is 5.32 Å². The van der Waals surface area contributed by atoms with Gasteiger partial charge in [0.2, 0.25) is 0 Å². The van der Waals surface area contributed by atoms with Crippen LogP contribution in [0.15, 0.2) is 53.1 Å². The summed E-state index contributed by atoms with van der Waals surface area (Å²) in [6.45, 7) is 0.976. The third-order valence-corrected chi connectivity index (χ3v) is 3.57. The highest BCUT2D eigenvalue weighted by atomic mass is 16.3. The van der Waals surface area contributed by atoms with Crippen molar-refractivity contribution in [2.24, 2.45) is 5.92 Å². The highest BCUT2D eigenvalue weighted by Crippen LogP contribution is 2.40. The minimum Gasteiger partial charge on any atom is -0.469 e. The predicted octanol–water partition coefficient (Wildman–Crippen LogP) is 3.56. The maximum atomic E-state index is 5.36. The zero-order valence-electron chi connectivity index (χ0n) is 10.5. The molecule has 2 aromatic rings. The lowest BCUT2D eigenvalue weighted by Gasteiger charge is -2.18. The van der Waals surface area contributed by atoms with Crippen molar-refractivity contribution in [3.63, 3.8) is 0 Å². The Morgan fingerprint density at radius 1 is 1.11 bits per heavy atom. The predicted molar refractivity (Wildman–Crippen MR) is 72.3 cm³/mol. The van der Waals surface area contributed by atoms with Crippen molar-refractivity contribution in [3.8, 4) is 0 Å². The molecule has 2 nitrogen and oxygen atoms in total. The normalized spacial score (nSPS) is 16.7. The highest BCUT2D eigenvalue weighted by Gasteiger charge is 2.31. The molecule has 1 N–H and O–H groups in total. The van der Waals surface area contributed by atoms with Crippen molar-refractivity contribution >= 4 is 0 Å². The fraction of sp³-hybridized carbons (Fsp3) is 0.375. The van der Waals surface area contributed by atoms with Gasteiger partial charge in [-0.15, -0.1) is 0 Å². The minimum absolute atomic E-state index is 0.515. The Morgan fingerprint density at radius 2 is 1.94 bits per heavy atom. The summed E-state index contributed by atoms with van der Waals surface area (Å²) in [4.78, 5) is 0. The number of benzene rings is 1. The van der Waals surface area contributed by atoms with E-state index < -0.39 is 0 Å². The summed E-state index contributed by atoms with van der Waals surface area (Å²) in [6.07, 6.45) is 5.41. The molecule has 1 unspecified atom stereocenters. The quantitative estimate of drug-likeness (QED) is 0.836. The van der Waals surface area contributed by atoms with Crippen molar-refractivity contribution in [2.75, 3.05) is 6.54 Å². The van der Waals surface area contributed by atoms with Gasteiger partial charge < -0.3 is 9.73 Å². The van der Waals surface area contributed by atoms with E-state index in [4.69, 9.17) is 4.42 Å². The van der Waals surface area contributed by atoms with Crippen LogP contribution in [0.5, 0.6) is 0 Å². The smallest absolute Gasteiger partial charge is 0.105 e. The molecule has 0 bridgehead atoms. The van der Waals surface area contributed by atoms with E-state index in [1.165, 1.54) is 18.4 Å². The molecule has 2 heteroatoms. The first-order valence-corrected chi connectivity index (χ1v) is 6.74. The molecule has 94 valence electrons. The van der Waals surface area contributed by atoms with Gasteiger partial charge in [0.15, 0.2) is 0 Å². The van der Waals surface area contributed by atoms with Gasteiger partial charge in [0.25, 0.3) is 0 Å². The first-order valence-electron chi connectivity index (χ1n) is 6.74. The minimum atomic E-state index is 0.515. The second-order valence-corrected chi connectivity index (χ2v) is 5.01. The Morgan fingerprint density at radius 3 is 2.61 bits per heavy atom. The summed E-state index contributed by atoms with van der Waals surface area (Å²) in [5.41, 5.74) is 1.42. The lowest BCUT2D eigenvalue weighted by Crippen LogP contribution is -2.25. The Bertz CT molecular complexity index is 459. The summed E-state index contributed by atoms with van der Waals surface area (Å²) >= 11 is 0. The van der Waals surface area contributed by atoms with Gasteiger partial charge in [-0.25, -0.2) is 0 Å².